The van der Waals surface area contributed by atoms with E-state index < -0.39 is 0 Å². The van der Waals surface area contributed by atoms with Gasteiger partial charge in [0.25, 0.3) is 0 Å². The lowest BCUT2D eigenvalue weighted by molar-refractivity contribution is -0.132. The largest absolute Gasteiger partial charge is 0.496 e. The molecule has 0 aliphatic carbocycles. The number of methoxy groups -OCH3 is 1. The number of carbonyl (C=O) groups is 2. The summed E-state index contributed by atoms with van der Waals surface area (Å²) >= 11 is 0. The van der Waals surface area contributed by atoms with Crippen LogP contribution in [0.2, 0.25) is 0 Å². The van der Waals surface area contributed by atoms with Crippen LogP contribution in [0.3, 0.4) is 0 Å². The zero-order valence-electron chi connectivity index (χ0n) is 14.7. The van der Waals surface area contributed by atoms with Gasteiger partial charge in [-0.25, -0.2) is 0 Å². The third-order valence-corrected chi connectivity index (χ3v) is 5.42. The van der Waals surface area contributed by atoms with Gasteiger partial charge >= 0.3 is 0 Å². The minimum absolute atomic E-state index is 0.00497. The van der Waals surface area contributed by atoms with Crippen LogP contribution in [0.15, 0.2) is 18.2 Å². The van der Waals surface area contributed by atoms with Crippen molar-refractivity contribution in [2.45, 2.75) is 57.2 Å². The Morgan fingerprint density at radius 2 is 1.92 bits per heavy atom. The van der Waals surface area contributed by atoms with Gasteiger partial charge in [-0.05, 0) is 50.8 Å². The minimum atomic E-state index is -0.00497. The number of fused-ring (bicyclic) bond motifs is 2. The number of ether oxygens (including phenoxy) is 1. The Labute approximate surface area is 143 Å². The third kappa shape index (κ3) is 3.46. The Balaban J connectivity index is 1.71. The number of likely N-dealkylation sites (N-methyl/N-ethyl adjacent to an activating group) is 1. The smallest absolute Gasteiger partial charge is 0.227 e. The lowest BCUT2D eigenvalue weighted by atomic mass is 9.97. The summed E-state index contributed by atoms with van der Waals surface area (Å²) in [5, 5.41) is 3.61. The lowest BCUT2D eigenvalue weighted by Gasteiger charge is -2.35. The molecule has 1 aromatic rings. The average molecular weight is 330 g/mol. The molecule has 2 bridgehead atoms. The van der Waals surface area contributed by atoms with E-state index in [2.05, 4.69) is 5.32 Å². The predicted molar refractivity (Wildman–Crippen MR) is 92.4 cm³/mol. The van der Waals surface area contributed by atoms with Gasteiger partial charge in [0.1, 0.15) is 5.75 Å². The van der Waals surface area contributed by atoms with Gasteiger partial charge in [-0.15, -0.1) is 0 Å². The molecule has 1 aromatic carbocycles. The fourth-order valence-corrected chi connectivity index (χ4v) is 3.97. The van der Waals surface area contributed by atoms with Crippen molar-refractivity contribution >= 4 is 11.7 Å². The summed E-state index contributed by atoms with van der Waals surface area (Å²) in [4.78, 5) is 26.3. The van der Waals surface area contributed by atoms with E-state index >= 15 is 0 Å². The van der Waals surface area contributed by atoms with Crippen LogP contribution in [0.25, 0.3) is 0 Å². The second-order valence-electron chi connectivity index (χ2n) is 7.03. The van der Waals surface area contributed by atoms with Gasteiger partial charge in [0.15, 0.2) is 5.78 Å². The molecule has 24 heavy (non-hydrogen) atoms. The highest BCUT2D eigenvalue weighted by Crippen LogP contribution is 2.30. The molecule has 2 unspecified atom stereocenters. The van der Waals surface area contributed by atoms with Crippen LogP contribution >= 0.6 is 0 Å². The zero-order chi connectivity index (χ0) is 17.3. The molecule has 0 saturated carbocycles. The van der Waals surface area contributed by atoms with E-state index in [1.165, 1.54) is 19.8 Å². The van der Waals surface area contributed by atoms with Crippen molar-refractivity contribution in [3.63, 3.8) is 0 Å². The predicted octanol–water partition coefficient (Wildman–Crippen LogP) is 2.18. The summed E-state index contributed by atoms with van der Waals surface area (Å²) in [5.41, 5.74) is 1.39. The van der Waals surface area contributed by atoms with E-state index in [9.17, 15) is 9.59 Å². The van der Waals surface area contributed by atoms with Gasteiger partial charge in [0.05, 0.1) is 13.5 Å². The lowest BCUT2D eigenvalue weighted by Crippen LogP contribution is -2.49. The Morgan fingerprint density at radius 3 is 2.50 bits per heavy atom. The molecule has 130 valence electrons. The summed E-state index contributed by atoms with van der Waals surface area (Å²) in [6.45, 7) is 1.53. The molecular weight excluding hydrogens is 304 g/mol. The Bertz CT molecular complexity index is 631. The van der Waals surface area contributed by atoms with Crippen LogP contribution < -0.4 is 10.1 Å². The molecule has 3 rings (SSSR count). The quantitative estimate of drug-likeness (QED) is 0.841. The first kappa shape index (κ1) is 17.0. The summed E-state index contributed by atoms with van der Waals surface area (Å²) < 4.78 is 5.36. The maximum Gasteiger partial charge on any atom is 0.227 e. The molecule has 2 aliphatic heterocycles. The summed E-state index contributed by atoms with van der Waals surface area (Å²) in [7, 11) is 3.49. The number of carbonyl (C=O) groups excluding carboxylic acids is 2. The molecule has 2 aliphatic rings. The Morgan fingerprint density at radius 1 is 1.25 bits per heavy atom. The van der Waals surface area contributed by atoms with Crippen LogP contribution in [0.1, 0.15) is 48.5 Å². The highest BCUT2D eigenvalue weighted by Gasteiger charge is 2.36. The van der Waals surface area contributed by atoms with Crippen molar-refractivity contribution in [2.24, 2.45) is 0 Å². The standard InChI is InChI=1S/C19H26N2O3/c1-12(22)13-4-7-18(24-3)14(8-13)9-19(23)21(2)17-10-15-5-6-16(11-17)20-15/h4,7-8,15-17,20H,5-6,9-11H2,1-3H3. The van der Waals surface area contributed by atoms with Gasteiger partial charge < -0.3 is 15.0 Å². The fraction of sp³-hybridized carbons (Fsp3) is 0.579. The second-order valence-corrected chi connectivity index (χ2v) is 7.03. The van der Waals surface area contributed by atoms with E-state index in [1.807, 2.05) is 11.9 Å². The first-order chi connectivity index (χ1) is 11.5. The fourth-order valence-electron chi connectivity index (χ4n) is 3.97. The van der Waals surface area contributed by atoms with E-state index in [0.717, 1.165) is 18.4 Å². The topological polar surface area (TPSA) is 58.6 Å². The summed E-state index contributed by atoms with van der Waals surface area (Å²) in [6, 6.07) is 6.70. The van der Waals surface area contributed by atoms with E-state index in [1.54, 1.807) is 25.3 Å². The van der Waals surface area contributed by atoms with Crippen molar-refractivity contribution in [1.82, 2.24) is 10.2 Å². The van der Waals surface area contributed by atoms with E-state index in [4.69, 9.17) is 4.74 Å². The minimum Gasteiger partial charge on any atom is -0.496 e. The van der Waals surface area contributed by atoms with Crippen LogP contribution in [0, 0.1) is 0 Å². The van der Waals surface area contributed by atoms with Gasteiger partial charge in [0.2, 0.25) is 5.91 Å². The number of rotatable bonds is 5. The molecule has 0 aromatic heterocycles. The number of nitrogens with zero attached hydrogens (tertiary/aromatic N) is 1. The van der Waals surface area contributed by atoms with Crippen LogP contribution in [-0.4, -0.2) is 48.9 Å². The number of ketones is 1. The molecule has 2 fully saturated rings. The Kier molecular flexibility index (Phi) is 4.90. The molecule has 0 spiro atoms. The summed E-state index contributed by atoms with van der Waals surface area (Å²) in [6.07, 6.45) is 4.77. The second kappa shape index (κ2) is 6.93. The van der Waals surface area contributed by atoms with Crippen molar-refractivity contribution in [3.05, 3.63) is 29.3 Å². The maximum atomic E-state index is 12.8. The SMILES string of the molecule is COc1ccc(C(C)=O)cc1CC(=O)N(C)C1CC2CCC(C1)N2. The van der Waals surface area contributed by atoms with Crippen molar-refractivity contribution in [3.8, 4) is 5.75 Å². The number of hydrogen-bond acceptors (Lipinski definition) is 4. The van der Waals surface area contributed by atoms with Crippen molar-refractivity contribution in [2.75, 3.05) is 14.2 Å². The van der Waals surface area contributed by atoms with Crippen LogP contribution in [-0.2, 0) is 11.2 Å². The molecule has 1 N–H and O–H groups in total. The average Bonchev–Trinajstić information content (AvgIpc) is 2.91. The van der Waals surface area contributed by atoms with Crippen LogP contribution in [0.5, 0.6) is 5.75 Å². The highest BCUT2D eigenvalue weighted by atomic mass is 16.5. The van der Waals surface area contributed by atoms with E-state index in [0.29, 0.717) is 29.4 Å². The number of hydrogen-bond donors (Lipinski definition) is 1. The Hall–Kier alpha value is -1.88. The molecule has 0 radical (unpaired) electrons. The monoisotopic (exact) mass is 330 g/mol. The van der Waals surface area contributed by atoms with Crippen molar-refractivity contribution < 1.29 is 14.3 Å². The molecule has 2 saturated heterocycles. The van der Waals surface area contributed by atoms with E-state index in [-0.39, 0.29) is 18.1 Å². The molecule has 1 amide bonds. The van der Waals surface area contributed by atoms with Gasteiger partial charge in [-0.1, -0.05) is 0 Å². The highest BCUT2D eigenvalue weighted by molar-refractivity contribution is 5.94. The van der Waals surface area contributed by atoms with Crippen LogP contribution in [0.4, 0.5) is 0 Å². The summed E-state index contributed by atoms with van der Waals surface area (Å²) in [5.74, 6) is 0.738. The molecule has 2 heterocycles. The maximum absolute atomic E-state index is 12.8. The zero-order valence-corrected chi connectivity index (χ0v) is 14.7. The van der Waals surface area contributed by atoms with Gasteiger partial charge in [-0.2, -0.15) is 0 Å². The number of nitrogens with one attached hydrogen (secondary N) is 1. The molecule has 2 atom stereocenters. The number of piperidine rings is 1. The van der Waals surface area contributed by atoms with Gasteiger partial charge in [-0.3, -0.25) is 9.59 Å². The third-order valence-electron chi connectivity index (χ3n) is 5.42. The normalized spacial score (nSPS) is 25.4. The first-order valence-electron chi connectivity index (χ1n) is 8.67. The molecule has 5 nitrogen and oxygen atoms in total. The molecular formula is C19H26N2O3. The molecule has 5 heteroatoms. The number of amides is 1. The van der Waals surface area contributed by atoms with Crippen molar-refractivity contribution in [1.29, 1.82) is 0 Å². The first-order valence-corrected chi connectivity index (χ1v) is 8.67. The number of Topliss-reactive ketones (excluding diaryl/α,β-unsaturated/α-hetero) is 1. The van der Waals surface area contributed by atoms with Gasteiger partial charge in [0, 0.05) is 36.3 Å². The number of benzene rings is 1.